The highest BCUT2D eigenvalue weighted by Crippen LogP contribution is 2.39. The lowest BCUT2D eigenvalue weighted by atomic mass is 9.79. The predicted molar refractivity (Wildman–Crippen MR) is 103 cm³/mol. The molecule has 2 aromatic carbocycles. The summed E-state index contributed by atoms with van der Waals surface area (Å²) in [6.07, 6.45) is 0. The average Bonchev–Trinajstić information content (AvgIpc) is 2.95. The number of hydrogen-bond acceptors (Lipinski definition) is 3. The van der Waals surface area contributed by atoms with Crippen LogP contribution in [0.3, 0.4) is 0 Å². The third-order valence-corrected chi connectivity index (χ3v) is 4.45. The van der Waals surface area contributed by atoms with E-state index in [0.717, 1.165) is 22.5 Å². The van der Waals surface area contributed by atoms with Gasteiger partial charge in [-0.05, 0) is 34.6 Å². The van der Waals surface area contributed by atoms with Crippen molar-refractivity contribution in [2.75, 3.05) is 7.11 Å². The summed E-state index contributed by atoms with van der Waals surface area (Å²) in [5.41, 5.74) is 5.03. The van der Waals surface area contributed by atoms with Crippen molar-refractivity contribution >= 4 is 11.0 Å². The summed E-state index contributed by atoms with van der Waals surface area (Å²) in [6, 6.07) is 12.3. The zero-order chi connectivity index (χ0) is 18.4. The minimum atomic E-state index is -0.0477. The van der Waals surface area contributed by atoms with Gasteiger partial charge in [0.25, 0.3) is 0 Å². The minimum absolute atomic E-state index is 0.0214. The van der Waals surface area contributed by atoms with Crippen LogP contribution in [0.5, 0.6) is 5.75 Å². The zero-order valence-electron chi connectivity index (χ0n) is 16.2. The molecule has 0 amide bonds. The molecule has 0 aliphatic carbocycles. The standard InChI is InChI=1S/C21H27N3O/c1-20(2,3)14-12-15(21(4,5)6)19(25-7)18(13-14)24-22-16-10-8-9-11-17(16)23-24/h8-13H,1-7H3. The van der Waals surface area contributed by atoms with Gasteiger partial charge < -0.3 is 4.74 Å². The molecule has 4 nitrogen and oxygen atoms in total. The Hall–Kier alpha value is -2.36. The molecule has 0 aliphatic rings. The number of benzene rings is 2. The van der Waals surface area contributed by atoms with E-state index < -0.39 is 0 Å². The first-order chi connectivity index (χ1) is 11.6. The molecular weight excluding hydrogens is 310 g/mol. The van der Waals surface area contributed by atoms with Gasteiger partial charge in [-0.25, -0.2) is 0 Å². The number of methoxy groups -OCH3 is 1. The lowest BCUT2D eigenvalue weighted by Gasteiger charge is -2.28. The monoisotopic (exact) mass is 337 g/mol. The number of ether oxygens (including phenoxy) is 1. The summed E-state index contributed by atoms with van der Waals surface area (Å²) < 4.78 is 5.82. The van der Waals surface area contributed by atoms with Gasteiger partial charge in [-0.1, -0.05) is 59.7 Å². The Morgan fingerprint density at radius 3 is 1.84 bits per heavy atom. The third-order valence-electron chi connectivity index (χ3n) is 4.45. The molecule has 0 aliphatic heterocycles. The van der Waals surface area contributed by atoms with Crippen molar-refractivity contribution in [2.24, 2.45) is 0 Å². The van der Waals surface area contributed by atoms with E-state index in [1.54, 1.807) is 11.9 Å². The maximum Gasteiger partial charge on any atom is 0.150 e. The molecular formula is C21H27N3O. The number of aromatic nitrogens is 3. The van der Waals surface area contributed by atoms with Gasteiger partial charge in [0.05, 0.1) is 7.11 Å². The van der Waals surface area contributed by atoms with E-state index in [1.807, 2.05) is 24.3 Å². The number of rotatable bonds is 2. The Morgan fingerprint density at radius 1 is 0.840 bits per heavy atom. The summed E-state index contributed by atoms with van der Waals surface area (Å²) in [4.78, 5) is 1.70. The molecule has 1 aromatic heterocycles. The van der Waals surface area contributed by atoms with Gasteiger partial charge in [0.15, 0.2) is 0 Å². The molecule has 0 unspecified atom stereocenters. The van der Waals surface area contributed by atoms with Crippen LogP contribution in [0, 0.1) is 0 Å². The molecule has 0 bridgehead atoms. The maximum atomic E-state index is 5.82. The molecule has 1 heterocycles. The van der Waals surface area contributed by atoms with Crippen LogP contribution in [0.25, 0.3) is 16.7 Å². The van der Waals surface area contributed by atoms with Crippen LogP contribution in [0.15, 0.2) is 36.4 Å². The largest absolute Gasteiger partial charge is 0.494 e. The molecule has 3 rings (SSSR count). The fourth-order valence-electron chi connectivity index (χ4n) is 2.93. The summed E-state index contributed by atoms with van der Waals surface area (Å²) in [5, 5.41) is 9.33. The van der Waals surface area contributed by atoms with Crippen molar-refractivity contribution in [1.82, 2.24) is 15.0 Å². The highest BCUT2D eigenvalue weighted by atomic mass is 16.5. The minimum Gasteiger partial charge on any atom is -0.494 e. The van der Waals surface area contributed by atoms with Crippen LogP contribution in [-0.4, -0.2) is 22.1 Å². The predicted octanol–water partition coefficient (Wildman–Crippen LogP) is 5.02. The van der Waals surface area contributed by atoms with E-state index in [-0.39, 0.29) is 10.8 Å². The van der Waals surface area contributed by atoms with E-state index >= 15 is 0 Å². The molecule has 25 heavy (non-hydrogen) atoms. The molecule has 0 spiro atoms. The molecule has 3 aromatic rings. The molecule has 0 atom stereocenters. The first kappa shape index (κ1) is 17.5. The van der Waals surface area contributed by atoms with Gasteiger partial charge in [-0.2, -0.15) is 0 Å². The fraction of sp³-hybridized carbons (Fsp3) is 0.429. The van der Waals surface area contributed by atoms with Crippen molar-refractivity contribution in [3.63, 3.8) is 0 Å². The topological polar surface area (TPSA) is 39.9 Å². The van der Waals surface area contributed by atoms with Crippen LogP contribution in [0.4, 0.5) is 0 Å². The quantitative estimate of drug-likeness (QED) is 0.659. The van der Waals surface area contributed by atoms with Gasteiger partial charge in [-0.15, -0.1) is 15.0 Å². The van der Waals surface area contributed by atoms with Crippen LogP contribution in [0.2, 0.25) is 0 Å². The van der Waals surface area contributed by atoms with Gasteiger partial charge in [0, 0.05) is 5.56 Å². The molecule has 0 fully saturated rings. The molecule has 0 saturated heterocycles. The lowest BCUT2D eigenvalue weighted by molar-refractivity contribution is 0.392. The summed E-state index contributed by atoms with van der Waals surface area (Å²) in [5.74, 6) is 0.834. The molecule has 132 valence electrons. The van der Waals surface area contributed by atoms with Crippen LogP contribution < -0.4 is 4.74 Å². The molecule has 4 heteroatoms. The van der Waals surface area contributed by atoms with Crippen molar-refractivity contribution < 1.29 is 4.74 Å². The number of hydrogen-bond donors (Lipinski definition) is 0. The first-order valence-corrected chi connectivity index (χ1v) is 8.67. The molecule has 0 saturated carbocycles. The highest BCUT2D eigenvalue weighted by molar-refractivity contribution is 5.74. The lowest BCUT2D eigenvalue weighted by Crippen LogP contribution is -2.19. The summed E-state index contributed by atoms with van der Waals surface area (Å²) in [6.45, 7) is 13.3. The van der Waals surface area contributed by atoms with E-state index in [9.17, 15) is 0 Å². The van der Waals surface area contributed by atoms with E-state index in [0.29, 0.717) is 0 Å². The second-order valence-electron chi connectivity index (χ2n) is 8.55. The van der Waals surface area contributed by atoms with E-state index in [2.05, 4.69) is 63.9 Å². The van der Waals surface area contributed by atoms with E-state index in [1.165, 1.54) is 11.1 Å². The Bertz CT molecular complexity index is 878. The second kappa shape index (κ2) is 5.87. The van der Waals surface area contributed by atoms with Crippen molar-refractivity contribution in [1.29, 1.82) is 0 Å². The van der Waals surface area contributed by atoms with Crippen molar-refractivity contribution in [3.05, 3.63) is 47.5 Å². The van der Waals surface area contributed by atoms with Crippen molar-refractivity contribution in [3.8, 4) is 11.4 Å². The number of nitrogens with zero attached hydrogens (tertiary/aromatic N) is 3. The average molecular weight is 337 g/mol. The van der Waals surface area contributed by atoms with Gasteiger partial charge in [0.2, 0.25) is 0 Å². The van der Waals surface area contributed by atoms with Crippen LogP contribution in [0.1, 0.15) is 52.7 Å². The van der Waals surface area contributed by atoms with Crippen LogP contribution >= 0.6 is 0 Å². The van der Waals surface area contributed by atoms with Gasteiger partial charge >= 0.3 is 0 Å². The fourth-order valence-corrected chi connectivity index (χ4v) is 2.93. The third kappa shape index (κ3) is 3.26. The SMILES string of the molecule is COc1c(-n2nc3ccccc3n2)cc(C(C)(C)C)cc1C(C)(C)C. The van der Waals surface area contributed by atoms with E-state index in [4.69, 9.17) is 4.74 Å². The number of fused-ring (bicyclic) bond motifs is 1. The smallest absolute Gasteiger partial charge is 0.150 e. The molecule has 0 radical (unpaired) electrons. The zero-order valence-corrected chi connectivity index (χ0v) is 16.2. The Kier molecular flexibility index (Phi) is 4.10. The summed E-state index contributed by atoms with van der Waals surface area (Å²) in [7, 11) is 1.72. The highest BCUT2D eigenvalue weighted by Gasteiger charge is 2.27. The molecule has 0 N–H and O–H groups in total. The second-order valence-corrected chi connectivity index (χ2v) is 8.55. The van der Waals surface area contributed by atoms with Gasteiger partial charge in [0.1, 0.15) is 22.5 Å². The Labute approximate surface area is 149 Å². The first-order valence-electron chi connectivity index (χ1n) is 8.67. The van der Waals surface area contributed by atoms with Gasteiger partial charge in [-0.3, -0.25) is 0 Å². The van der Waals surface area contributed by atoms with Crippen LogP contribution in [-0.2, 0) is 10.8 Å². The maximum absolute atomic E-state index is 5.82. The normalized spacial score (nSPS) is 12.6. The van der Waals surface area contributed by atoms with Crippen molar-refractivity contribution in [2.45, 2.75) is 52.4 Å². The summed E-state index contributed by atoms with van der Waals surface area (Å²) >= 11 is 0. The Balaban J connectivity index is 2.33. The Morgan fingerprint density at radius 2 is 1.40 bits per heavy atom.